The summed E-state index contributed by atoms with van der Waals surface area (Å²) in [5.74, 6) is 2.62. The summed E-state index contributed by atoms with van der Waals surface area (Å²) in [4.78, 5) is 14.2. The van der Waals surface area contributed by atoms with Gasteiger partial charge in [0.2, 0.25) is 5.91 Å². The summed E-state index contributed by atoms with van der Waals surface area (Å²) >= 11 is 1.75. The third-order valence-electron chi connectivity index (χ3n) is 3.98. The molecule has 18 heavy (non-hydrogen) atoms. The molecule has 1 unspecified atom stereocenters. The third-order valence-corrected chi connectivity index (χ3v) is 4.62. The van der Waals surface area contributed by atoms with Crippen molar-refractivity contribution in [3.63, 3.8) is 0 Å². The molecule has 2 atom stereocenters. The minimum absolute atomic E-state index is 0.161. The summed E-state index contributed by atoms with van der Waals surface area (Å²) < 4.78 is 0. The van der Waals surface area contributed by atoms with E-state index in [-0.39, 0.29) is 11.9 Å². The summed E-state index contributed by atoms with van der Waals surface area (Å²) in [6.07, 6.45) is 6.37. The molecular formula is C14H28N2OS. The van der Waals surface area contributed by atoms with Gasteiger partial charge in [-0.2, -0.15) is 11.8 Å². The summed E-state index contributed by atoms with van der Waals surface area (Å²) in [6, 6.07) is -0.298. The molecule has 1 fully saturated rings. The Bertz CT molecular complexity index is 258. The molecule has 0 bridgehead atoms. The number of rotatable bonds is 5. The van der Waals surface area contributed by atoms with Gasteiger partial charge in [-0.1, -0.05) is 13.8 Å². The number of carbonyl (C=O) groups is 1. The smallest absolute Gasteiger partial charge is 0.239 e. The first-order valence-electron chi connectivity index (χ1n) is 7.09. The highest BCUT2D eigenvalue weighted by Crippen LogP contribution is 2.24. The molecule has 3 nitrogen and oxygen atoms in total. The van der Waals surface area contributed by atoms with Crippen LogP contribution in [-0.2, 0) is 4.79 Å². The Labute approximate surface area is 116 Å². The number of hydrogen-bond acceptors (Lipinski definition) is 3. The maximum Gasteiger partial charge on any atom is 0.239 e. The van der Waals surface area contributed by atoms with Crippen LogP contribution in [0.1, 0.15) is 39.5 Å². The molecule has 1 aliphatic rings. The molecule has 0 aromatic rings. The second kappa shape index (κ2) is 8.05. The maximum absolute atomic E-state index is 12.2. The average Bonchev–Trinajstić information content (AvgIpc) is 2.60. The molecule has 4 heteroatoms. The van der Waals surface area contributed by atoms with Crippen LogP contribution in [-0.4, -0.2) is 41.9 Å². The van der Waals surface area contributed by atoms with E-state index in [1.807, 2.05) is 4.90 Å². The molecule has 1 amide bonds. The lowest BCUT2D eigenvalue weighted by molar-refractivity contribution is -0.132. The van der Waals surface area contributed by atoms with Gasteiger partial charge in [-0.3, -0.25) is 4.79 Å². The van der Waals surface area contributed by atoms with Crippen molar-refractivity contribution in [3.05, 3.63) is 0 Å². The van der Waals surface area contributed by atoms with E-state index in [1.54, 1.807) is 11.8 Å². The molecule has 2 N–H and O–H groups in total. The number of amides is 1. The Kier molecular flexibility index (Phi) is 7.08. The van der Waals surface area contributed by atoms with Gasteiger partial charge in [0.15, 0.2) is 0 Å². The van der Waals surface area contributed by atoms with Gasteiger partial charge < -0.3 is 10.6 Å². The Balaban J connectivity index is 2.44. The lowest BCUT2D eigenvalue weighted by Crippen LogP contribution is -2.44. The fourth-order valence-corrected chi connectivity index (χ4v) is 3.10. The number of nitrogens with two attached hydrogens (primary N) is 1. The zero-order valence-electron chi connectivity index (χ0n) is 12.0. The minimum Gasteiger partial charge on any atom is -0.341 e. The van der Waals surface area contributed by atoms with E-state index in [2.05, 4.69) is 20.1 Å². The predicted octanol–water partition coefficient (Wildman–Crippen LogP) is 2.35. The van der Waals surface area contributed by atoms with Crippen LogP contribution in [0.15, 0.2) is 0 Å². The Morgan fingerprint density at radius 2 is 2.11 bits per heavy atom. The van der Waals surface area contributed by atoms with Crippen LogP contribution in [0, 0.1) is 11.8 Å². The van der Waals surface area contributed by atoms with Gasteiger partial charge in [0, 0.05) is 13.1 Å². The quantitative estimate of drug-likeness (QED) is 0.835. The van der Waals surface area contributed by atoms with E-state index >= 15 is 0 Å². The fraction of sp³-hybridized carbons (Fsp3) is 0.929. The Hall–Kier alpha value is -0.220. The molecule has 0 saturated carbocycles. The highest BCUT2D eigenvalue weighted by molar-refractivity contribution is 7.98. The molecule has 106 valence electrons. The number of carbonyl (C=O) groups excluding carboxylic acids is 1. The van der Waals surface area contributed by atoms with Crippen molar-refractivity contribution in [2.24, 2.45) is 17.6 Å². The van der Waals surface area contributed by atoms with Gasteiger partial charge in [0.25, 0.3) is 0 Å². The van der Waals surface area contributed by atoms with Gasteiger partial charge >= 0.3 is 0 Å². The van der Waals surface area contributed by atoms with Crippen molar-refractivity contribution in [3.8, 4) is 0 Å². The van der Waals surface area contributed by atoms with E-state index in [9.17, 15) is 4.79 Å². The minimum atomic E-state index is -0.298. The van der Waals surface area contributed by atoms with E-state index in [4.69, 9.17) is 5.73 Å². The van der Waals surface area contributed by atoms with Crippen molar-refractivity contribution in [1.29, 1.82) is 0 Å². The fourth-order valence-electron chi connectivity index (χ4n) is 2.61. The molecule has 0 aromatic carbocycles. The molecule has 1 aliphatic heterocycles. The largest absolute Gasteiger partial charge is 0.341 e. The van der Waals surface area contributed by atoms with Gasteiger partial charge in [0.1, 0.15) is 0 Å². The second-order valence-corrected chi connectivity index (χ2v) is 6.63. The Morgan fingerprint density at radius 1 is 1.39 bits per heavy atom. The molecule has 0 aromatic heterocycles. The highest BCUT2D eigenvalue weighted by Gasteiger charge is 2.25. The Morgan fingerprint density at radius 3 is 2.72 bits per heavy atom. The van der Waals surface area contributed by atoms with Crippen molar-refractivity contribution in [1.82, 2.24) is 4.90 Å². The van der Waals surface area contributed by atoms with Crippen molar-refractivity contribution >= 4 is 17.7 Å². The van der Waals surface area contributed by atoms with Crippen LogP contribution >= 0.6 is 11.8 Å². The summed E-state index contributed by atoms with van der Waals surface area (Å²) in [5, 5.41) is 0. The number of thioether (sulfide) groups is 1. The zero-order chi connectivity index (χ0) is 13.5. The van der Waals surface area contributed by atoms with Crippen LogP contribution in [0.2, 0.25) is 0 Å². The normalized spacial score (nSPS) is 22.9. The van der Waals surface area contributed by atoms with E-state index < -0.39 is 0 Å². The molecule has 0 radical (unpaired) electrons. The first kappa shape index (κ1) is 15.8. The highest BCUT2D eigenvalue weighted by atomic mass is 32.2. The summed E-state index contributed by atoms with van der Waals surface area (Å²) in [7, 11) is 0. The maximum atomic E-state index is 12.2. The van der Waals surface area contributed by atoms with E-state index in [0.29, 0.717) is 0 Å². The topological polar surface area (TPSA) is 46.3 Å². The van der Waals surface area contributed by atoms with Crippen LogP contribution in [0.4, 0.5) is 0 Å². The van der Waals surface area contributed by atoms with Crippen molar-refractivity contribution < 1.29 is 4.79 Å². The molecular weight excluding hydrogens is 244 g/mol. The average molecular weight is 272 g/mol. The van der Waals surface area contributed by atoms with Crippen LogP contribution in [0.25, 0.3) is 0 Å². The van der Waals surface area contributed by atoms with Crippen LogP contribution < -0.4 is 5.73 Å². The number of likely N-dealkylation sites (tertiary alicyclic amines) is 1. The number of nitrogens with zero attached hydrogens (tertiary/aromatic N) is 1. The zero-order valence-corrected chi connectivity index (χ0v) is 12.8. The lowest BCUT2D eigenvalue weighted by atomic mass is 9.89. The molecule has 1 saturated heterocycles. The van der Waals surface area contributed by atoms with Crippen molar-refractivity contribution in [2.75, 3.05) is 25.1 Å². The van der Waals surface area contributed by atoms with Crippen molar-refractivity contribution in [2.45, 2.75) is 45.6 Å². The van der Waals surface area contributed by atoms with Crippen LogP contribution in [0.3, 0.4) is 0 Å². The van der Waals surface area contributed by atoms with Gasteiger partial charge in [0.05, 0.1) is 6.04 Å². The molecule has 0 aliphatic carbocycles. The SMILES string of the molecule is CSCC[C@@H](N)C(=O)N1CCCC(C(C)C)CC1. The molecule has 1 rings (SSSR count). The molecule has 1 heterocycles. The summed E-state index contributed by atoms with van der Waals surface area (Å²) in [6.45, 7) is 6.36. The van der Waals surface area contributed by atoms with E-state index in [1.165, 1.54) is 6.42 Å². The van der Waals surface area contributed by atoms with Crippen LogP contribution in [0.5, 0.6) is 0 Å². The summed E-state index contributed by atoms with van der Waals surface area (Å²) in [5.41, 5.74) is 5.98. The third kappa shape index (κ3) is 4.81. The van der Waals surface area contributed by atoms with E-state index in [0.717, 1.165) is 49.9 Å². The molecule has 0 spiro atoms. The monoisotopic (exact) mass is 272 g/mol. The predicted molar refractivity (Wildman–Crippen MR) is 79.7 cm³/mol. The lowest BCUT2D eigenvalue weighted by Gasteiger charge is -2.24. The number of hydrogen-bond donors (Lipinski definition) is 1. The standard InChI is InChI=1S/C14H28N2OS/c1-11(2)12-5-4-8-16(9-6-12)14(17)13(15)7-10-18-3/h11-13H,4-10,15H2,1-3H3/t12?,13-/m1/s1. The first-order valence-corrected chi connectivity index (χ1v) is 8.49. The van der Waals surface area contributed by atoms with Gasteiger partial charge in [-0.05, 0) is 49.5 Å². The second-order valence-electron chi connectivity index (χ2n) is 5.65. The first-order chi connectivity index (χ1) is 8.56. The van der Waals surface area contributed by atoms with Gasteiger partial charge in [-0.25, -0.2) is 0 Å². The van der Waals surface area contributed by atoms with Gasteiger partial charge in [-0.15, -0.1) is 0 Å².